The number of pyridine rings is 1. The number of carbonyl (C=O) groups excluding carboxylic acids is 1. The summed E-state index contributed by atoms with van der Waals surface area (Å²) in [6, 6.07) is 13.8. The number of piperazine rings is 1. The Morgan fingerprint density at radius 3 is 2.54 bits per heavy atom. The van der Waals surface area contributed by atoms with Crippen LogP contribution in [0.3, 0.4) is 0 Å². The number of carbonyl (C=O) groups is 1. The van der Waals surface area contributed by atoms with Crippen molar-refractivity contribution in [2.24, 2.45) is 5.18 Å². The fourth-order valence-corrected chi connectivity index (χ4v) is 5.38. The van der Waals surface area contributed by atoms with E-state index in [-0.39, 0.29) is 29.5 Å². The van der Waals surface area contributed by atoms with E-state index in [1.807, 2.05) is 29.2 Å². The molecule has 2 unspecified atom stereocenters. The zero-order valence-electron chi connectivity index (χ0n) is 19.0. The lowest BCUT2D eigenvalue weighted by Crippen LogP contribution is -2.55. The van der Waals surface area contributed by atoms with Gasteiger partial charge in [-0.2, -0.15) is 0 Å². The van der Waals surface area contributed by atoms with E-state index in [4.69, 9.17) is 11.6 Å². The molecular weight excluding hydrogens is 467 g/mol. The van der Waals surface area contributed by atoms with Crippen LogP contribution in [0.2, 0.25) is 5.02 Å². The maximum Gasteiger partial charge on any atom is 0.247 e. The number of aromatic nitrogens is 1. The molecule has 2 aliphatic rings. The smallest absolute Gasteiger partial charge is 0.247 e. The SMILES string of the molecule is O=Nc1cc(Cl)c(-c2cccnc2)cc1/C=C/C(=O)N1C2CCC1CN(Cc1ccc(F)cc1)C2. The van der Waals surface area contributed by atoms with Gasteiger partial charge in [-0.3, -0.25) is 14.7 Å². The number of hydrogen-bond donors (Lipinski definition) is 0. The molecule has 35 heavy (non-hydrogen) atoms. The van der Waals surface area contributed by atoms with E-state index in [9.17, 15) is 14.1 Å². The number of hydrogen-bond acceptors (Lipinski definition) is 5. The average Bonchev–Trinajstić information content (AvgIpc) is 3.15. The summed E-state index contributed by atoms with van der Waals surface area (Å²) in [6.07, 6.45) is 8.43. The standard InChI is InChI=1S/C27H24ClFN4O2/c28-25-13-26(31-35)19(12-24(25)20-2-1-11-30-14-20)5-10-27(34)33-22-8-9-23(33)17-32(16-22)15-18-3-6-21(29)7-4-18/h1-7,10-14,22-23H,8-9,15-17H2/b10-5+. The number of nitrogens with zero attached hydrogens (tertiary/aromatic N) is 4. The Bertz CT molecular complexity index is 1250. The molecule has 0 radical (unpaired) electrons. The number of benzene rings is 2. The first-order chi connectivity index (χ1) is 17.0. The van der Waals surface area contributed by atoms with Crippen molar-refractivity contribution in [3.05, 3.63) is 93.9 Å². The molecule has 0 aliphatic carbocycles. The number of rotatable bonds is 6. The van der Waals surface area contributed by atoms with Crippen LogP contribution in [0.25, 0.3) is 17.2 Å². The van der Waals surface area contributed by atoms with Gasteiger partial charge in [-0.1, -0.05) is 29.8 Å². The van der Waals surface area contributed by atoms with Gasteiger partial charge in [0.05, 0.1) is 5.02 Å². The maximum absolute atomic E-state index is 13.2. The first-order valence-electron chi connectivity index (χ1n) is 11.6. The second-order valence-electron chi connectivity index (χ2n) is 9.01. The first-order valence-corrected chi connectivity index (χ1v) is 11.9. The highest BCUT2D eigenvalue weighted by atomic mass is 35.5. The molecule has 8 heteroatoms. The maximum atomic E-state index is 13.2. The largest absolute Gasteiger partial charge is 0.331 e. The van der Waals surface area contributed by atoms with Crippen LogP contribution in [0.4, 0.5) is 10.1 Å². The molecule has 2 atom stereocenters. The second-order valence-corrected chi connectivity index (χ2v) is 9.42. The average molecular weight is 491 g/mol. The van der Waals surface area contributed by atoms with Gasteiger partial charge in [0.1, 0.15) is 11.5 Å². The monoisotopic (exact) mass is 490 g/mol. The van der Waals surface area contributed by atoms with Gasteiger partial charge in [0.2, 0.25) is 5.91 Å². The van der Waals surface area contributed by atoms with Crippen molar-refractivity contribution in [1.82, 2.24) is 14.8 Å². The van der Waals surface area contributed by atoms with Crippen molar-refractivity contribution < 1.29 is 9.18 Å². The van der Waals surface area contributed by atoms with Gasteiger partial charge >= 0.3 is 0 Å². The topological polar surface area (TPSA) is 65.9 Å². The van der Waals surface area contributed by atoms with Gasteiger partial charge in [-0.25, -0.2) is 4.39 Å². The van der Waals surface area contributed by atoms with Crippen molar-refractivity contribution in [2.45, 2.75) is 31.5 Å². The summed E-state index contributed by atoms with van der Waals surface area (Å²) in [7, 11) is 0. The Balaban J connectivity index is 1.31. The van der Waals surface area contributed by atoms with E-state index in [2.05, 4.69) is 15.1 Å². The van der Waals surface area contributed by atoms with Crippen LogP contribution in [-0.4, -0.2) is 45.9 Å². The van der Waals surface area contributed by atoms with Crippen LogP contribution in [0.1, 0.15) is 24.0 Å². The lowest BCUT2D eigenvalue weighted by molar-refractivity contribution is -0.131. The fraction of sp³-hybridized carbons (Fsp3) is 0.259. The molecule has 0 saturated carbocycles. The quantitative estimate of drug-likeness (QED) is 0.322. The summed E-state index contributed by atoms with van der Waals surface area (Å²) < 4.78 is 13.2. The summed E-state index contributed by atoms with van der Waals surface area (Å²) in [5.41, 5.74) is 3.30. The summed E-state index contributed by atoms with van der Waals surface area (Å²) in [5.74, 6) is -0.314. The number of likely N-dealkylation sites (tertiary alicyclic amines) is 1. The molecule has 0 spiro atoms. The Morgan fingerprint density at radius 1 is 1.14 bits per heavy atom. The molecule has 2 aromatic carbocycles. The Kier molecular flexibility index (Phi) is 6.70. The van der Waals surface area contributed by atoms with Crippen molar-refractivity contribution in [3.8, 4) is 11.1 Å². The molecule has 2 saturated heterocycles. The van der Waals surface area contributed by atoms with Crippen molar-refractivity contribution >= 4 is 29.3 Å². The van der Waals surface area contributed by atoms with Gasteiger partial charge in [0, 0.05) is 66.9 Å². The molecule has 2 fully saturated rings. The minimum absolute atomic E-state index is 0.0753. The molecule has 0 N–H and O–H groups in total. The van der Waals surface area contributed by atoms with Crippen molar-refractivity contribution in [3.63, 3.8) is 0 Å². The second kappa shape index (κ2) is 10.1. The lowest BCUT2D eigenvalue weighted by atomic mass is 10.0. The van der Waals surface area contributed by atoms with Crippen molar-refractivity contribution in [2.75, 3.05) is 13.1 Å². The van der Waals surface area contributed by atoms with E-state index < -0.39 is 0 Å². The minimum atomic E-state index is -0.239. The number of nitroso groups, excluding NO2 is 1. The van der Waals surface area contributed by atoms with E-state index in [1.165, 1.54) is 24.3 Å². The van der Waals surface area contributed by atoms with Crippen LogP contribution in [-0.2, 0) is 11.3 Å². The summed E-state index contributed by atoms with van der Waals surface area (Å²) in [4.78, 5) is 33.0. The molecule has 3 aromatic rings. The third kappa shape index (κ3) is 5.01. The minimum Gasteiger partial charge on any atom is -0.331 e. The summed E-state index contributed by atoms with van der Waals surface area (Å²) in [5, 5.41) is 3.49. The molecule has 5 rings (SSSR count). The Morgan fingerprint density at radius 2 is 1.89 bits per heavy atom. The number of halogens is 2. The normalized spacial score (nSPS) is 19.9. The molecule has 2 aliphatic heterocycles. The highest BCUT2D eigenvalue weighted by Gasteiger charge is 2.41. The molecule has 3 heterocycles. The van der Waals surface area contributed by atoms with Crippen LogP contribution in [0, 0.1) is 10.7 Å². The van der Waals surface area contributed by atoms with Crippen LogP contribution in [0.15, 0.2) is 72.2 Å². The first kappa shape index (κ1) is 23.3. The van der Waals surface area contributed by atoms with Gasteiger partial charge in [0.15, 0.2) is 0 Å². The van der Waals surface area contributed by atoms with E-state index >= 15 is 0 Å². The van der Waals surface area contributed by atoms with Crippen LogP contribution >= 0.6 is 11.6 Å². The van der Waals surface area contributed by atoms with Gasteiger partial charge in [-0.05, 0) is 60.0 Å². The molecule has 2 bridgehead atoms. The van der Waals surface area contributed by atoms with Crippen molar-refractivity contribution in [1.29, 1.82) is 0 Å². The number of fused-ring (bicyclic) bond motifs is 2. The molecule has 6 nitrogen and oxygen atoms in total. The highest BCUT2D eigenvalue weighted by Crippen LogP contribution is 2.35. The lowest BCUT2D eigenvalue weighted by Gasteiger charge is -2.40. The van der Waals surface area contributed by atoms with E-state index in [1.54, 1.807) is 24.5 Å². The van der Waals surface area contributed by atoms with Gasteiger partial charge < -0.3 is 4.90 Å². The predicted octanol–water partition coefficient (Wildman–Crippen LogP) is 5.83. The summed E-state index contributed by atoms with van der Waals surface area (Å²) >= 11 is 6.38. The third-order valence-corrected chi connectivity index (χ3v) is 7.04. The predicted molar refractivity (Wildman–Crippen MR) is 135 cm³/mol. The molecule has 178 valence electrons. The van der Waals surface area contributed by atoms with E-state index in [0.29, 0.717) is 16.1 Å². The zero-order chi connectivity index (χ0) is 24.4. The fourth-order valence-electron chi connectivity index (χ4n) is 5.11. The van der Waals surface area contributed by atoms with Gasteiger partial charge in [-0.15, -0.1) is 4.91 Å². The summed E-state index contributed by atoms with van der Waals surface area (Å²) in [6.45, 7) is 2.29. The third-order valence-electron chi connectivity index (χ3n) is 6.72. The Hall–Kier alpha value is -3.42. The number of amides is 1. The van der Waals surface area contributed by atoms with Crippen LogP contribution in [0.5, 0.6) is 0 Å². The van der Waals surface area contributed by atoms with E-state index in [0.717, 1.165) is 43.6 Å². The zero-order valence-corrected chi connectivity index (χ0v) is 19.7. The van der Waals surface area contributed by atoms with Crippen LogP contribution < -0.4 is 0 Å². The Labute approximate surface area is 208 Å². The van der Waals surface area contributed by atoms with Gasteiger partial charge in [0.25, 0.3) is 0 Å². The molecule has 1 amide bonds. The molecule has 1 aromatic heterocycles. The highest BCUT2D eigenvalue weighted by molar-refractivity contribution is 6.33. The molecular formula is C27H24ClFN4O2.